The van der Waals surface area contributed by atoms with E-state index in [9.17, 15) is 13.6 Å². The molecule has 8 heteroatoms. The summed E-state index contributed by atoms with van der Waals surface area (Å²) in [6, 6.07) is 13.5. The number of likely N-dealkylation sites (N-methyl/N-ethyl adjacent to an activating group) is 1. The molecule has 1 unspecified atom stereocenters. The molecule has 0 aromatic heterocycles. The Bertz CT molecular complexity index is 918. The lowest BCUT2D eigenvalue weighted by atomic mass is 9.82. The van der Waals surface area contributed by atoms with Crippen molar-refractivity contribution < 1.29 is 18.3 Å². The lowest BCUT2D eigenvalue weighted by Gasteiger charge is -2.26. The molecule has 0 spiro atoms. The van der Waals surface area contributed by atoms with Gasteiger partial charge in [0.05, 0.1) is 0 Å². The molecule has 0 bridgehead atoms. The Morgan fingerprint density at radius 1 is 1.20 bits per heavy atom. The van der Waals surface area contributed by atoms with Crippen LogP contribution in [0.15, 0.2) is 53.5 Å². The summed E-state index contributed by atoms with van der Waals surface area (Å²) in [6.45, 7) is 0.780. The molecule has 0 aliphatic carbocycles. The number of hydrogen-bond acceptors (Lipinski definition) is 5. The first-order valence-corrected chi connectivity index (χ1v) is 9.87. The number of alkyl halides is 2. The maximum Gasteiger partial charge on any atom is 0.387 e. The predicted octanol–water partition coefficient (Wildman–Crippen LogP) is 3.21. The van der Waals surface area contributed by atoms with Crippen LogP contribution in [0.4, 0.5) is 8.78 Å². The molecule has 0 fully saturated rings. The fourth-order valence-corrected chi connectivity index (χ4v) is 3.50. The number of carbonyl (C=O) groups excluding carboxylic acids is 1. The van der Waals surface area contributed by atoms with Gasteiger partial charge in [0.1, 0.15) is 5.75 Å². The molecule has 1 atom stereocenters. The Morgan fingerprint density at radius 2 is 1.93 bits per heavy atom. The number of nitrogens with zero attached hydrogens (tertiary/aromatic N) is 2. The zero-order valence-electron chi connectivity index (χ0n) is 17.1. The smallest absolute Gasteiger partial charge is 0.387 e. The van der Waals surface area contributed by atoms with Gasteiger partial charge >= 0.3 is 6.61 Å². The maximum atomic E-state index is 13.3. The zero-order valence-corrected chi connectivity index (χ0v) is 17.1. The number of nitrogens with one attached hydrogen (secondary N) is 1. The number of guanidine groups is 1. The molecule has 30 heavy (non-hydrogen) atoms. The van der Waals surface area contributed by atoms with Crippen molar-refractivity contribution in [2.75, 3.05) is 13.6 Å². The molecule has 0 radical (unpaired) electrons. The molecule has 0 saturated carbocycles. The van der Waals surface area contributed by atoms with Crippen LogP contribution in [0.1, 0.15) is 36.5 Å². The van der Waals surface area contributed by atoms with E-state index in [0.29, 0.717) is 17.7 Å². The molecule has 0 saturated heterocycles. The van der Waals surface area contributed by atoms with Crippen molar-refractivity contribution in [1.82, 2.24) is 10.2 Å². The Balaban J connectivity index is 2.00. The third kappa shape index (κ3) is 4.28. The van der Waals surface area contributed by atoms with Crippen molar-refractivity contribution >= 4 is 11.9 Å². The van der Waals surface area contributed by atoms with Gasteiger partial charge in [-0.25, -0.2) is 4.99 Å². The van der Waals surface area contributed by atoms with E-state index in [4.69, 9.17) is 5.73 Å². The average molecular weight is 416 g/mol. The Morgan fingerprint density at radius 3 is 2.53 bits per heavy atom. The summed E-state index contributed by atoms with van der Waals surface area (Å²) in [5.74, 6) is -0.202. The number of nitrogens with two attached hydrogens (primary N) is 1. The predicted molar refractivity (Wildman–Crippen MR) is 111 cm³/mol. The first-order chi connectivity index (χ1) is 14.4. The first kappa shape index (κ1) is 21.7. The summed E-state index contributed by atoms with van der Waals surface area (Å²) < 4.78 is 29.4. The summed E-state index contributed by atoms with van der Waals surface area (Å²) in [5.41, 5.74) is 6.81. The second-order valence-corrected chi connectivity index (χ2v) is 7.18. The van der Waals surface area contributed by atoms with Crippen LogP contribution in [0.2, 0.25) is 0 Å². The third-order valence-corrected chi connectivity index (χ3v) is 5.12. The number of rotatable bonds is 9. The lowest BCUT2D eigenvalue weighted by molar-refractivity contribution is -0.129. The topological polar surface area (TPSA) is 80.0 Å². The summed E-state index contributed by atoms with van der Waals surface area (Å²) in [6.07, 6.45) is 2.19. The van der Waals surface area contributed by atoms with E-state index < -0.39 is 12.2 Å². The fraction of sp³-hybridized carbons (Fsp3) is 0.364. The van der Waals surface area contributed by atoms with Gasteiger partial charge in [0, 0.05) is 13.6 Å². The highest BCUT2D eigenvalue weighted by Gasteiger charge is 2.49. The van der Waals surface area contributed by atoms with Crippen molar-refractivity contribution in [3.63, 3.8) is 0 Å². The number of hydrogen-bond donors (Lipinski definition) is 2. The van der Waals surface area contributed by atoms with Gasteiger partial charge in [-0.2, -0.15) is 8.78 Å². The van der Waals surface area contributed by atoms with Crippen molar-refractivity contribution in [3.8, 4) is 5.75 Å². The summed E-state index contributed by atoms with van der Waals surface area (Å²) >= 11 is 0. The van der Waals surface area contributed by atoms with E-state index >= 15 is 0 Å². The van der Waals surface area contributed by atoms with Gasteiger partial charge in [-0.15, -0.1) is 0 Å². The summed E-state index contributed by atoms with van der Waals surface area (Å²) in [7, 11) is 1.56. The molecule has 2 aromatic carbocycles. The largest absolute Gasteiger partial charge is 0.435 e. The molecule has 2 aromatic rings. The SMILES string of the molecule is CCCCNCc1cccc(C2(c3ccc(OC(F)F)cc3)N=C(N)N(C)C2=O)c1. The number of carbonyl (C=O) groups is 1. The standard InChI is InChI=1S/C22H26F2N4O2/c1-3-4-12-26-14-15-6-5-7-17(13-15)22(19(29)28(2)21(25)27-22)16-8-10-18(11-9-16)30-20(23)24/h5-11,13,20,26H,3-4,12,14H2,1-2H3,(H2,25,27). The maximum absolute atomic E-state index is 13.3. The lowest BCUT2D eigenvalue weighted by Crippen LogP contribution is -2.41. The highest BCUT2D eigenvalue weighted by atomic mass is 19.3. The van der Waals surface area contributed by atoms with E-state index in [-0.39, 0.29) is 17.6 Å². The van der Waals surface area contributed by atoms with Crippen LogP contribution in [-0.2, 0) is 16.9 Å². The van der Waals surface area contributed by atoms with Crippen LogP contribution in [0.3, 0.4) is 0 Å². The van der Waals surface area contributed by atoms with Crippen molar-refractivity contribution in [2.45, 2.75) is 38.5 Å². The minimum absolute atomic E-state index is 0.00790. The molecule has 3 rings (SSSR count). The van der Waals surface area contributed by atoms with E-state index in [1.54, 1.807) is 19.2 Å². The molecular weight excluding hydrogens is 390 g/mol. The van der Waals surface area contributed by atoms with Crippen LogP contribution in [0, 0.1) is 0 Å². The number of benzene rings is 2. The quantitative estimate of drug-likeness (QED) is 0.615. The first-order valence-electron chi connectivity index (χ1n) is 9.87. The molecule has 1 heterocycles. The van der Waals surface area contributed by atoms with E-state index in [0.717, 1.165) is 24.9 Å². The highest BCUT2D eigenvalue weighted by molar-refractivity contribution is 6.08. The minimum Gasteiger partial charge on any atom is -0.435 e. The van der Waals surface area contributed by atoms with Gasteiger partial charge in [0.15, 0.2) is 11.5 Å². The Labute approximate surface area is 174 Å². The normalized spacial score (nSPS) is 18.8. The second kappa shape index (κ2) is 9.21. The van der Waals surface area contributed by atoms with Gasteiger partial charge in [-0.3, -0.25) is 9.69 Å². The number of amides is 1. The summed E-state index contributed by atoms with van der Waals surface area (Å²) in [5, 5.41) is 3.38. The Kier molecular flexibility index (Phi) is 6.66. The van der Waals surface area contributed by atoms with Crippen LogP contribution in [0.5, 0.6) is 5.75 Å². The molecule has 160 valence electrons. The van der Waals surface area contributed by atoms with Crippen LogP contribution < -0.4 is 15.8 Å². The number of unbranched alkanes of at least 4 members (excludes halogenated alkanes) is 1. The zero-order chi connectivity index (χ0) is 21.7. The van der Waals surface area contributed by atoms with E-state index in [1.165, 1.54) is 17.0 Å². The number of aliphatic imine (C=N–C) groups is 1. The van der Waals surface area contributed by atoms with Crippen molar-refractivity contribution in [3.05, 3.63) is 65.2 Å². The van der Waals surface area contributed by atoms with E-state index in [2.05, 4.69) is 22.0 Å². The van der Waals surface area contributed by atoms with Crippen LogP contribution in [-0.4, -0.2) is 37.0 Å². The van der Waals surface area contributed by atoms with E-state index in [1.807, 2.05) is 24.3 Å². The monoisotopic (exact) mass is 416 g/mol. The fourth-order valence-electron chi connectivity index (χ4n) is 3.50. The van der Waals surface area contributed by atoms with Gasteiger partial charge < -0.3 is 15.8 Å². The molecule has 3 N–H and O–H groups in total. The van der Waals surface area contributed by atoms with Crippen molar-refractivity contribution in [1.29, 1.82) is 0 Å². The van der Waals surface area contributed by atoms with Crippen molar-refractivity contribution in [2.24, 2.45) is 10.7 Å². The molecule has 6 nitrogen and oxygen atoms in total. The van der Waals surface area contributed by atoms with Crippen LogP contribution in [0.25, 0.3) is 0 Å². The molecule has 1 aliphatic heterocycles. The number of halogens is 2. The molecule has 1 amide bonds. The van der Waals surface area contributed by atoms with Gasteiger partial charge in [0.2, 0.25) is 0 Å². The molecular formula is C22H26F2N4O2. The number of ether oxygens (including phenoxy) is 1. The average Bonchev–Trinajstić information content (AvgIpc) is 2.96. The Hall–Kier alpha value is -3.00. The van der Waals surface area contributed by atoms with Gasteiger partial charge in [-0.05, 0) is 41.8 Å². The van der Waals surface area contributed by atoms with Gasteiger partial charge in [-0.1, -0.05) is 49.7 Å². The molecule has 1 aliphatic rings. The third-order valence-electron chi connectivity index (χ3n) is 5.12. The summed E-state index contributed by atoms with van der Waals surface area (Å²) in [4.78, 5) is 19.1. The minimum atomic E-state index is -2.92. The van der Waals surface area contributed by atoms with Gasteiger partial charge in [0.25, 0.3) is 5.91 Å². The second-order valence-electron chi connectivity index (χ2n) is 7.18. The van der Waals surface area contributed by atoms with Crippen LogP contribution >= 0.6 is 0 Å². The highest BCUT2D eigenvalue weighted by Crippen LogP contribution is 2.40.